The van der Waals surface area contributed by atoms with Gasteiger partial charge in [-0.1, -0.05) is 42.5 Å². The Hall–Kier alpha value is -3.39. The van der Waals surface area contributed by atoms with E-state index in [-0.39, 0.29) is 11.8 Å². The van der Waals surface area contributed by atoms with Gasteiger partial charge in [-0.2, -0.15) is 0 Å². The average molecular weight is 422 g/mol. The van der Waals surface area contributed by atoms with Crippen LogP contribution in [-0.4, -0.2) is 29.1 Å². The van der Waals surface area contributed by atoms with Crippen molar-refractivity contribution in [1.82, 2.24) is 15.0 Å². The van der Waals surface area contributed by atoms with Crippen molar-refractivity contribution in [2.75, 3.05) is 15.8 Å². The van der Waals surface area contributed by atoms with E-state index < -0.39 is 10.0 Å². The second kappa shape index (κ2) is 8.16. The number of hydrogen-bond acceptors (Lipinski definition) is 5. The maximum Gasteiger partial charge on any atom is 0.232 e. The van der Waals surface area contributed by atoms with Crippen molar-refractivity contribution in [1.29, 1.82) is 0 Å². The third-order valence-corrected chi connectivity index (χ3v) is 6.23. The lowest BCUT2D eigenvalue weighted by atomic mass is 10.1. The van der Waals surface area contributed by atoms with Gasteiger partial charge in [-0.05, 0) is 43.2 Å². The van der Waals surface area contributed by atoms with E-state index in [4.69, 9.17) is 0 Å². The van der Waals surface area contributed by atoms with Crippen LogP contribution in [0, 0.1) is 0 Å². The fourth-order valence-electron chi connectivity index (χ4n) is 3.21. The Morgan fingerprint density at radius 2 is 1.77 bits per heavy atom. The second-order valence-corrected chi connectivity index (χ2v) is 9.04. The molecule has 0 saturated carbocycles. The number of H-pyrrole nitrogens is 1. The Morgan fingerprint density at radius 3 is 2.47 bits per heavy atom. The molecule has 0 aliphatic carbocycles. The molecule has 8 heteroatoms. The van der Waals surface area contributed by atoms with Crippen molar-refractivity contribution >= 4 is 32.6 Å². The number of aromatic nitrogens is 3. The Bertz CT molecular complexity index is 1250. The van der Waals surface area contributed by atoms with Gasteiger partial charge in [0.15, 0.2) is 0 Å². The first kappa shape index (κ1) is 19.9. The van der Waals surface area contributed by atoms with Crippen LogP contribution in [0.5, 0.6) is 0 Å². The molecule has 0 fully saturated rings. The summed E-state index contributed by atoms with van der Waals surface area (Å²) in [6, 6.07) is 19.5. The number of nitrogens with zero attached hydrogens (tertiary/aromatic N) is 2. The number of sulfonamides is 1. The molecule has 30 heavy (non-hydrogen) atoms. The van der Waals surface area contributed by atoms with E-state index in [1.54, 1.807) is 19.1 Å². The summed E-state index contributed by atoms with van der Waals surface area (Å²) in [7, 11) is -3.30. The van der Waals surface area contributed by atoms with Crippen LogP contribution in [0.3, 0.4) is 0 Å². The lowest BCUT2D eigenvalue weighted by Crippen LogP contribution is -2.14. The Labute approximate surface area is 175 Å². The highest BCUT2D eigenvalue weighted by Crippen LogP contribution is 2.29. The number of fused-ring (bicyclic) bond motifs is 1. The van der Waals surface area contributed by atoms with Crippen LogP contribution in [0.15, 0.2) is 67.0 Å². The molecular weight excluding hydrogens is 398 g/mol. The van der Waals surface area contributed by atoms with Crippen LogP contribution < -0.4 is 10.0 Å². The molecule has 2 aromatic heterocycles. The van der Waals surface area contributed by atoms with Crippen LogP contribution in [0.25, 0.3) is 22.3 Å². The van der Waals surface area contributed by atoms with E-state index in [0.29, 0.717) is 5.69 Å². The third kappa shape index (κ3) is 4.28. The number of hydrogen-bond donors (Lipinski definition) is 3. The lowest BCUT2D eigenvalue weighted by Gasteiger charge is -2.15. The Balaban J connectivity index is 1.60. The minimum Gasteiger partial charge on any atom is -0.363 e. The molecule has 2 heterocycles. The molecule has 0 radical (unpaired) electrons. The highest BCUT2D eigenvalue weighted by molar-refractivity contribution is 7.92. The summed E-state index contributed by atoms with van der Waals surface area (Å²) in [6.07, 6.45) is 1.53. The molecule has 0 aliphatic rings. The summed E-state index contributed by atoms with van der Waals surface area (Å²) in [4.78, 5) is 12.1. The topological polar surface area (TPSA) is 99.8 Å². The molecule has 154 valence electrons. The molecular formula is C22H23N5O2S. The van der Waals surface area contributed by atoms with Crippen LogP contribution in [-0.2, 0) is 10.0 Å². The normalized spacial score (nSPS) is 12.6. The molecule has 1 atom stereocenters. The van der Waals surface area contributed by atoms with Crippen molar-refractivity contribution < 1.29 is 8.42 Å². The zero-order valence-electron chi connectivity index (χ0n) is 16.8. The predicted molar refractivity (Wildman–Crippen MR) is 121 cm³/mol. The first-order valence-corrected chi connectivity index (χ1v) is 11.4. The van der Waals surface area contributed by atoms with E-state index in [9.17, 15) is 8.42 Å². The number of benzene rings is 2. The van der Waals surface area contributed by atoms with E-state index in [2.05, 4.69) is 44.0 Å². The molecule has 0 aliphatic heterocycles. The zero-order valence-corrected chi connectivity index (χ0v) is 17.6. The lowest BCUT2D eigenvalue weighted by molar-refractivity contribution is 0.602. The predicted octanol–water partition coefficient (Wildman–Crippen LogP) is 4.56. The molecule has 7 nitrogen and oxygen atoms in total. The highest BCUT2D eigenvalue weighted by atomic mass is 32.2. The number of aromatic amines is 1. The summed E-state index contributed by atoms with van der Waals surface area (Å²) in [5.41, 5.74) is 4.25. The van der Waals surface area contributed by atoms with Gasteiger partial charge in [0.25, 0.3) is 0 Å². The minimum atomic E-state index is -3.30. The Kier molecular flexibility index (Phi) is 5.41. The molecule has 0 bridgehead atoms. The van der Waals surface area contributed by atoms with Gasteiger partial charge in [-0.25, -0.2) is 18.4 Å². The van der Waals surface area contributed by atoms with Crippen molar-refractivity contribution in [2.45, 2.75) is 19.9 Å². The molecule has 2 aromatic carbocycles. The van der Waals surface area contributed by atoms with Gasteiger partial charge < -0.3 is 10.3 Å². The molecule has 4 rings (SSSR count). The minimum absolute atomic E-state index is 0.0343. The summed E-state index contributed by atoms with van der Waals surface area (Å²) >= 11 is 0. The van der Waals surface area contributed by atoms with Crippen LogP contribution in [0.4, 0.5) is 11.5 Å². The van der Waals surface area contributed by atoms with Crippen LogP contribution in [0.2, 0.25) is 0 Å². The van der Waals surface area contributed by atoms with Crippen LogP contribution in [0.1, 0.15) is 25.5 Å². The van der Waals surface area contributed by atoms with Crippen LogP contribution >= 0.6 is 0 Å². The first-order chi connectivity index (χ1) is 14.4. The molecule has 0 spiro atoms. The van der Waals surface area contributed by atoms with Crippen molar-refractivity contribution in [2.24, 2.45) is 0 Å². The number of nitrogens with one attached hydrogen (secondary N) is 3. The number of anilines is 2. The molecule has 0 saturated heterocycles. The maximum absolute atomic E-state index is 11.7. The fraction of sp³-hybridized carbons (Fsp3) is 0.182. The van der Waals surface area contributed by atoms with Gasteiger partial charge in [-0.3, -0.25) is 4.72 Å². The first-order valence-electron chi connectivity index (χ1n) is 9.71. The van der Waals surface area contributed by atoms with Crippen molar-refractivity contribution in [3.8, 4) is 11.3 Å². The molecule has 4 aromatic rings. The second-order valence-electron chi connectivity index (χ2n) is 7.03. The van der Waals surface area contributed by atoms with Gasteiger partial charge in [0.05, 0.1) is 11.1 Å². The standard InChI is InChI=1S/C22H23N5O2S/c1-3-30(28,29)27-18-11-9-17(10-12-18)20-13-19-21(23-14-24-22(19)26-20)25-15(2)16-7-5-4-6-8-16/h4-15,27H,3H2,1-2H3,(H2,23,24,25,26). The quantitative estimate of drug-likeness (QED) is 0.406. The van der Waals surface area contributed by atoms with E-state index in [1.807, 2.05) is 36.4 Å². The van der Waals surface area contributed by atoms with Gasteiger partial charge in [0, 0.05) is 17.4 Å². The summed E-state index contributed by atoms with van der Waals surface area (Å²) in [5.74, 6) is 0.790. The monoisotopic (exact) mass is 421 g/mol. The van der Waals surface area contributed by atoms with E-state index in [1.165, 1.54) is 11.9 Å². The fourth-order valence-corrected chi connectivity index (χ4v) is 3.85. The summed E-state index contributed by atoms with van der Waals surface area (Å²) in [6.45, 7) is 3.69. The van der Waals surface area contributed by atoms with Crippen molar-refractivity contribution in [3.05, 3.63) is 72.6 Å². The Morgan fingerprint density at radius 1 is 1.03 bits per heavy atom. The zero-order chi connectivity index (χ0) is 21.1. The van der Waals surface area contributed by atoms with Gasteiger partial charge >= 0.3 is 0 Å². The van der Waals surface area contributed by atoms with Gasteiger partial charge in [0.1, 0.15) is 17.8 Å². The molecule has 0 amide bonds. The number of rotatable bonds is 7. The highest BCUT2D eigenvalue weighted by Gasteiger charge is 2.13. The largest absolute Gasteiger partial charge is 0.363 e. The average Bonchev–Trinajstić information content (AvgIpc) is 3.20. The smallest absolute Gasteiger partial charge is 0.232 e. The third-order valence-electron chi connectivity index (χ3n) is 4.93. The summed E-state index contributed by atoms with van der Waals surface area (Å²) in [5, 5.41) is 4.35. The maximum atomic E-state index is 11.7. The van der Waals surface area contributed by atoms with Gasteiger partial charge in [-0.15, -0.1) is 0 Å². The molecule has 1 unspecified atom stereocenters. The summed E-state index contributed by atoms with van der Waals surface area (Å²) < 4.78 is 26.0. The molecule has 3 N–H and O–H groups in total. The van der Waals surface area contributed by atoms with E-state index >= 15 is 0 Å². The van der Waals surface area contributed by atoms with E-state index in [0.717, 1.165) is 28.1 Å². The van der Waals surface area contributed by atoms with Gasteiger partial charge in [0.2, 0.25) is 10.0 Å². The van der Waals surface area contributed by atoms with Crippen molar-refractivity contribution in [3.63, 3.8) is 0 Å². The SMILES string of the molecule is CCS(=O)(=O)Nc1ccc(-c2cc3c(NC(C)c4ccccc4)ncnc3[nH]2)cc1.